The van der Waals surface area contributed by atoms with Crippen molar-refractivity contribution in [3.63, 3.8) is 0 Å². The van der Waals surface area contributed by atoms with Gasteiger partial charge in [-0.1, -0.05) is 50.2 Å². The average Bonchev–Trinajstić information content (AvgIpc) is 2.79. The van der Waals surface area contributed by atoms with Crippen molar-refractivity contribution in [2.24, 2.45) is 10.8 Å². The summed E-state index contributed by atoms with van der Waals surface area (Å²) < 4.78 is 0. The molecule has 30 heavy (non-hydrogen) atoms. The van der Waals surface area contributed by atoms with E-state index in [1.54, 1.807) is 0 Å². The highest BCUT2D eigenvalue weighted by Crippen LogP contribution is 2.47. The van der Waals surface area contributed by atoms with Gasteiger partial charge in [-0.05, 0) is 37.1 Å². The number of likely N-dealkylation sites (tertiary alicyclic amines) is 2. The number of ketones is 1. The molecule has 0 radical (unpaired) electrons. The summed E-state index contributed by atoms with van der Waals surface area (Å²) >= 11 is 0. The van der Waals surface area contributed by atoms with Crippen LogP contribution in [-0.2, 0) is 4.79 Å². The summed E-state index contributed by atoms with van der Waals surface area (Å²) in [4.78, 5) is 43.8. The number of carbonyl (C=O) groups excluding carboxylic acids is 3. The first kappa shape index (κ1) is 20.3. The predicted molar refractivity (Wildman–Crippen MR) is 115 cm³/mol. The molecule has 2 aromatic rings. The number of amides is 2. The SMILES string of the molecule is CCC12CN(C(=O)c3ccccc3)CC(CC)(CN(C(=O)c3ccccc3)C1)C2=O. The molecule has 2 heterocycles. The first-order chi connectivity index (χ1) is 14.4. The molecule has 0 aromatic heterocycles. The lowest BCUT2D eigenvalue weighted by molar-refractivity contribution is -0.157. The third-order valence-electron chi connectivity index (χ3n) is 6.91. The second-order valence-corrected chi connectivity index (χ2v) is 8.65. The molecule has 0 saturated carbocycles. The minimum absolute atomic E-state index is 0.0402. The molecule has 0 atom stereocenters. The lowest BCUT2D eigenvalue weighted by Crippen LogP contribution is -2.71. The maximum atomic E-state index is 13.6. The Labute approximate surface area is 177 Å². The van der Waals surface area contributed by atoms with Gasteiger partial charge in [0.25, 0.3) is 11.8 Å². The highest BCUT2D eigenvalue weighted by Gasteiger charge is 2.60. The van der Waals surface area contributed by atoms with Crippen molar-refractivity contribution in [3.8, 4) is 0 Å². The summed E-state index contributed by atoms with van der Waals surface area (Å²) in [6.45, 7) is 5.41. The quantitative estimate of drug-likeness (QED) is 0.781. The molecule has 0 aliphatic carbocycles. The van der Waals surface area contributed by atoms with Crippen LogP contribution in [0, 0.1) is 10.8 Å². The molecular weight excluding hydrogens is 376 g/mol. The maximum absolute atomic E-state index is 13.6. The fraction of sp³-hybridized carbons (Fsp3) is 0.400. The van der Waals surface area contributed by atoms with Gasteiger partial charge in [-0.2, -0.15) is 0 Å². The monoisotopic (exact) mass is 404 g/mol. The number of fused-ring (bicyclic) bond motifs is 2. The molecule has 5 nitrogen and oxygen atoms in total. The van der Waals surface area contributed by atoms with Crippen LogP contribution < -0.4 is 0 Å². The summed E-state index contributed by atoms with van der Waals surface area (Å²) in [5, 5.41) is 0. The van der Waals surface area contributed by atoms with Crippen molar-refractivity contribution in [2.75, 3.05) is 26.2 Å². The van der Waals surface area contributed by atoms with Gasteiger partial charge in [-0.15, -0.1) is 0 Å². The van der Waals surface area contributed by atoms with Gasteiger partial charge in [-0.25, -0.2) is 0 Å². The van der Waals surface area contributed by atoms with Crippen molar-refractivity contribution in [2.45, 2.75) is 26.7 Å². The Balaban J connectivity index is 1.69. The molecular formula is C25H28N2O3. The van der Waals surface area contributed by atoms with Crippen LogP contribution in [0.5, 0.6) is 0 Å². The van der Waals surface area contributed by atoms with E-state index in [0.29, 0.717) is 50.1 Å². The second kappa shape index (κ2) is 7.71. The minimum Gasteiger partial charge on any atom is -0.336 e. The van der Waals surface area contributed by atoms with Crippen LogP contribution in [0.25, 0.3) is 0 Å². The second-order valence-electron chi connectivity index (χ2n) is 8.65. The molecule has 5 heteroatoms. The molecule has 2 aromatic carbocycles. The van der Waals surface area contributed by atoms with Crippen LogP contribution in [0.4, 0.5) is 0 Å². The van der Waals surface area contributed by atoms with Crippen LogP contribution in [0.1, 0.15) is 47.4 Å². The molecule has 2 aliphatic rings. The number of rotatable bonds is 4. The zero-order valence-electron chi connectivity index (χ0n) is 17.6. The van der Waals surface area contributed by atoms with Crippen molar-refractivity contribution >= 4 is 17.6 Å². The van der Waals surface area contributed by atoms with Crippen molar-refractivity contribution < 1.29 is 14.4 Å². The predicted octanol–water partition coefficient (Wildman–Crippen LogP) is 3.66. The Kier molecular flexibility index (Phi) is 5.22. The average molecular weight is 405 g/mol. The number of hydrogen-bond donors (Lipinski definition) is 0. The Hall–Kier alpha value is -2.95. The van der Waals surface area contributed by atoms with E-state index in [2.05, 4.69) is 0 Å². The third-order valence-corrected chi connectivity index (χ3v) is 6.91. The first-order valence-corrected chi connectivity index (χ1v) is 10.7. The standard InChI is InChI=1S/C25H28N2O3/c1-3-24-15-26(21(28)19-11-7-5-8-12-19)17-25(4-2,23(24)30)18-27(16-24)22(29)20-13-9-6-10-14-20/h5-14H,3-4,15-18H2,1-2H3. The summed E-state index contributed by atoms with van der Waals surface area (Å²) in [6.07, 6.45) is 1.20. The molecule has 0 unspecified atom stereocenters. The topological polar surface area (TPSA) is 57.7 Å². The molecule has 0 spiro atoms. The lowest BCUT2D eigenvalue weighted by atomic mass is 9.60. The molecule has 4 rings (SSSR count). The summed E-state index contributed by atoms with van der Waals surface area (Å²) in [5.41, 5.74) is -0.165. The third kappa shape index (κ3) is 3.22. The fourth-order valence-corrected chi connectivity index (χ4v) is 5.11. The van der Waals surface area contributed by atoms with E-state index in [4.69, 9.17) is 0 Å². The summed E-state index contributed by atoms with van der Waals surface area (Å²) in [5.74, 6) is 0.136. The van der Waals surface area contributed by atoms with Crippen LogP contribution in [0.3, 0.4) is 0 Å². The van der Waals surface area contributed by atoms with Gasteiger partial charge in [-0.3, -0.25) is 14.4 Å². The van der Waals surface area contributed by atoms with Gasteiger partial charge in [0.05, 0.1) is 10.8 Å². The number of carbonyl (C=O) groups is 3. The Morgan fingerprint density at radius 1 is 0.700 bits per heavy atom. The molecule has 2 saturated heterocycles. The van der Waals surface area contributed by atoms with Crippen molar-refractivity contribution in [1.29, 1.82) is 0 Å². The van der Waals surface area contributed by atoms with E-state index in [1.165, 1.54) is 0 Å². The Bertz CT molecular complexity index is 865. The zero-order chi connectivity index (χ0) is 21.4. The number of benzene rings is 2. The summed E-state index contributed by atoms with van der Waals surface area (Å²) in [7, 11) is 0. The molecule has 2 amide bonds. The smallest absolute Gasteiger partial charge is 0.253 e. The van der Waals surface area contributed by atoms with Crippen LogP contribution in [-0.4, -0.2) is 53.6 Å². The van der Waals surface area contributed by atoms with E-state index in [9.17, 15) is 14.4 Å². The molecule has 2 fully saturated rings. The number of Topliss-reactive ketones (excluding diaryl/α,β-unsaturated/α-hetero) is 1. The van der Waals surface area contributed by atoms with Crippen LogP contribution in [0.15, 0.2) is 60.7 Å². The number of nitrogens with zero attached hydrogens (tertiary/aromatic N) is 2. The van der Waals surface area contributed by atoms with E-state index >= 15 is 0 Å². The fourth-order valence-electron chi connectivity index (χ4n) is 5.11. The van der Waals surface area contributed by atoms with Gasteiger partial charge in [0.2, 0.25) is 0 Å². The molecule has 0 N–H and O–H groups in total. The van der Waals surface area contributed by atoms with E-state index in [0.717, 1.165) is 0 Å². The van der Waals surface area contributed by atoms with Crippen molar-refractivity contribution in [1.82, 2.24) is 9.80 Å². The molecule has 156 valence electrons. The van der Waals surface area contributed by atoms with Gasteiger partial charge in [0.15, 0.2) is 5.78 Å². The zero-order valence-corrected chi connectivity index (χ0v) is 17.6. The minimum atomic E-state index is -0.721. The van der Waals surface area contributed by atoms with Gasteiger partial charge in [0, 0.05) is 37.3 Å². The Morgan fingerprint density at radius 2 is 1.03 bits per heavy atom. The first-order valence-electron chi connectivity index (χ1n) is 10.7. The van der Waals surface area contributed by atoms with Crippen LogP contribution >= 0.6 is 0 Å². The van der Waals surface area contributed by atoms with Gasteiger partial charge >= 0.3 is 0 Å². The van der Waals surface area contributed by atoms with Gasteiger partial charge in [0.1, 0.15) is 0 Å². The maximum Gasteiger partial charge on any atom is 0.253 e. The largest absolute Gasteiger partial charge is 0.336 e. The van der Waals surface area contributed by atoms with E-state index < -0.39 is 10.8 Å². The van der Waals surface area contributed by atoms with Crippen molar-refractivity contribution in [3.05, 3.63) is 71.8 Å². The van der Waals surface area contributed by atoms with E-state index in [1.807, 2.05) is 84.3 Å². The highest BCUT2D eigenvalue weighted by atomic mass is 16.2. The van der Waals surface area contributed by atoms with Gasteiger partial charge < -0.3 is 9.80 Å². The summed E-state index contributed by atoms with van der Waals surface area (Å²) in [6, 6.07) is 18.5. The normalized spacial score (nSPS) is 25.9. The number of hydrogen-bond acceptors (Lipinski definition) is 3. The molecule has 2 aliphatic heterocycles. The van der Waals surface area contributed by atoms with E-state index in [-0.39, 0.29) is 17.6 Å². The Morgan fingerprint density at radius 3 is 1.33 bits per heavy atom. The highest BCUT2D eigenvalue weighted by molar-refractivity contribution is 6.01. The lowest BCUT2D eigenvalue weighted by Gasteiger charge is -2.57. The number of piperidine rings is 2. The van der Waals surface area contributed by atoms with Crippen LogP contribution in [0.2, 0.25) is 0 Å². The molecule has 2 bridgehead atoms.